The third-order valence-electron chi connectivity index (χ3n) is 0.911. The number of hydrogen-bond acceptors (Lipinski definition) is 2. The number of hydrogen-bond donors (Lipinski definition) is 0. The number of thiocarbonyl (C=S) groups is 1. The summed E-state index contributed by atoms with van der Waals surface area (Å²) in [5.74, 6) is 0.649. The Morgan fingerprint density at radius 1 is 1.67 bits per heavy atom. The Balaban J connectivity index is 3.01. The normalized spacial score (nSPS) is 9.78. The topological polar surface area (TPSA) is 9.23 Å². The first-order valence-corrected chi connectivity index (χ1v) is 3.74. The summed E-state index contributed by atoms with van der Waals surface area (Å²) in [5, 5.41) is 0. The van der Waals surface area contributed by atoms with Crippen LogP contribution in [-0.4, -0.2) is 11.1 Å². The van der Waals surface area contributed by atoms with Gasteiger partial charge in [0.15, 0.2) is 0 Å². The van der Waals surface area contributed by atoms with Gasteiger partial charge in [0.2, 0.25) is 0 Å². The van der Waals surface area contributed by atoms with Crippen LogP contribution in [0.25, 0.3) is 0 Å². The van der Waals surface area contributed by atoms with Crippen molar-refractivity contribution in [2.75, 3.05) is 6.61 Å². The first kappa shape index (κ1) is 9.18. The average molecular weight is 167 g/mol. The lowest BCUT2D eigenvalue weighted by molar-refractivity contribution is 0.291. The molecule has 0 heterocycles. The minimum atomic E-state index is 0.121. The molecule has 0 aliphatic heterocycles. The minimum Gasteiger partial charge on any atom is -0.475 e. The first-order chi connectivity index (χ1) is 4.13. The lowest BCUT2D eigenvalue weighted by Gasteiger charge is -2.03. The molecule has 9 heavy (non-hydrogen) atoms. The predicted octanol–water partition coefficient (Wildman–Crippen LogP) is 2.57. The Hall–Kier alpha value is 0.180. The minimum absolute atomic E-state index is 0.121. The van der Waals surface area contributed by atoms with Crippen molar-refractivity contribution in [1.82, 2.24) is 0 Å². The number of rotatable bonds is 3. The van der Waals surface area contributed by atoms with Crippen LogP contribution in [0.2, 0.25) is 0 Å². The molecule has 0 bridgehead atoms. The van der Waals surface area contributed by atoms with Gasteiger partial charge >= 0.3 is 0 Å². The number of ether oxygens (including phenoxy) is 1. The SMILES string of the molecule is CC(C)CCOC(=S)Cl. The van der Waals surface area contributed by atoms with Crippen LogP contribution in [-0.2, 0) is 4.74 Å². The Kier molecular flexibility index (Phi) is 5.10. The lowest BCUT2D eigenvalue weighted by atomic mass is 10.1. The molecule has 0 fully saturated rings. The zero-order chi connectivity index (χ0) is 7.28. The van der Waals surface area contributed by atoms with Gasteiger partial charge in [-0.15, -0.1) is 0 Å². The van der Waals surface area contributed by atoms with Gasteiger partial charge in [0, 0.05) is 0 Å². The van der Waals surface area contributed by atoms with Gasteiger partial charge in [-0.3, -0.25) is 0 Å². The van der Waals surface area contributed by atoms with Crippen molar-refractivity contribution < 1.29 is 4.74 Å². The van der Waals surface area contributed by atoms with Gasteiger partial charge < -0.3 is 4.74 Å². The molecule has 0 aromatic rings. The van der Waals surface area contributed by atoms with E-state index in [0.717, 1.165) is 6.42 Å². The van der Waals surface area contributed by atoms with E-state index >= 15 is 0 Å². The highest BCUT2D eigenvalue weighted by molar-refractivity contribution is 7.82. The fraction of sp³-hybridized carbons (Fsp3) is 0.833. The second kappa shape index (κ2) is 5.00. The van der Waals surface area contributed by atoms with E-state index < -0.39 is 0 Å². The molecule has 0 aliphatic carbocycles. The summed E-state index contributed by atoms with van der Waals surface area (Å²) in [4.78, 5) is 0. The summed E-state index contributed by atoms with van der Waals surface area (Å²) in [6, 6.07) is 0. The van der Waals surface area contributed by atoms with E-state index in [4.69, 9.17) is 16.3 Å². The molecule has 0 unspecified atom stereocenters. The van der Waals surface area contributed by atoms with Crippen molar-refractivity contribution in [2.24, 2.45) is 5.92 Å². The number of halogens is 1. The molecule has 0 amide bonds. The van der Waals surface area contributed by atoms with Crippen LogP contribution in [0.4, 0.5) is 0 Å². The van der Waals surface area contributed by atoms with E-state index in [9.17, 15) is 0 Å². The highest BCUT2D eigenvalue weighted by Crippen LogP contribution is 2.00. The van der Waals surface area contributed by atoms with Crippen molar-refractivity contribution in [3.63, 3.8) is 0 Å². The van der Waals surface area contributed by atoms with Crippen molar-refractivity contribution >= 4 is 28.3 Å². The van der Waals surface area contributed by atoms with E-state index in [0.29, 0.717) is 12.5 Å². The Morgan fingerprint density at radius 2 is 2.22 bits per heavy atom. The zero-order valence-corrected chi connectivity index (χ0v) is 7.26. The standard InChI is InChI=1S/C6H11ClOS/c1-5(2)3-4-8-6(7)9/h5H,3-4H2,1-2H3. The summed E-state index contributed by atoms with van der Waals surface area (Å²) >= 11 is 9.76. The van der Waals surface area contributed by atoms with Gasteiger partial charge in [-0.25, -0.2) is 0 Å². The molecule has 1 nitrogen and oxygen atoms in total. The third-order valence-corrected chi connectivity index (χ3v) is 1.14. The summed E-state index contributed by atoms with van der Waals surface area (Å²) in [6.45, 7) is 4.89. The van der Waals surface area contributed by atoms with Gasteiger partial charge in [0.05, 0.1) is 6.61 Å². The predicted molar refractivity (Wildman–Crippen MR) is 43.9 cm³/mol. The van der Waals surface area contributed by atoms with Gasteiger partial charge in [0.1, 0.15) is 0 Å². The van der Waals surface area contributed by atoms with Crippen LogP contribution in [0.5, 0.6) is 0 Å². The molecular weight excluding hydrogens is 156 g/mol. The first-order valence-electron chi connectivity index (χ1n) is 2.95. The molecule has 0 aromatic heterocycles. The smallest absolute Gasteiger partial charge is 0.255 e. The van der Waals surface area contributed by atoms with E-state index in [-0.39, 0.29) is 4.51 Å². The lowest BCUT2D eigenvalue weighted by Crippen LogP contribution is -1.99. The largest absolute Gasteiger partial charge is 0.475 e. The summed E-state index contributed by atoms with van der Waals surface area (Å²) in [5.41, 5.74) is 0. The highest BCUT2D eigenvalue weighted by atomic mass is 35.5. The zero-order valence-electron chi connectivity index (χ0n) is 5.69. The molecule has 3 heteroatoms. The van der Waals surface area contributed by atoms with Gasteiger partial charge in [0.25, 0.3) is 4.51 Å². The van der Waals surface area contributed by atoms with Gasteiger partial charge in [-0.2, -0.15) is 0 Å². The van der Waals surface area contributed by atoms with Crippen LogP contribution in [0.15, 0.2) is 0 Å². The van der Waals surface area contributed by atoms with Gasteiger partial charge in [-0.05, 0) is 36.2 Å². The molecule has 0 saturated heterocycles. The molecule has 0 aromatic carbocycles. The average Bonchev–Trinajstić information content (AvgIpc) is 1.63. The van der Waals surface area contributed by atoms with E-state index in [1.54, 1.807) is 0 Å². The molecule has 0 radical (unpaired) electrons. The molecule has 0 saturated carbocycles. The van der Waals surface area contributed by atoms with Crippen LogP contribution in [0.3, 0.4) is 0 Å². The van der Waals surface area contributed by atoms with Crippen LogP contribution >= 0.6 is 23.8 Å². The molecule has 0 N–H and O–H groups in total. The van der Waals surface area contributed by atoms with Crippen LogP contribution < -0.4 is 0 Å². The maximum Gasteiger partial charge on any atom is 0.255 e. The molecule has 0 rings (SSSR count). The van der Waals surface area contributed by atoms with Gasteiger partial charge in [-0.1, -0.05) is 13.8 Å². The maximum absolute atomic E-state index is 5.27. The fourth-order valence-corrected chi connectivity index (χ4v) is 0.535. The van der Waals surface area contributed by atoms with Crippen molar-refractivity contribution in [3.8, 4) is 0 Å². The monoisotopic (exact) mass is 166 g/mol. The Labute approximate surface area is 66.3 Å². The molecule has 0 atom stereocenters. The Bertz CT molecular complexity index is 93.1. The summed E-state index contributed by atoms with van der Waals surface area (Å²) in [6.07, 6.45) is 1.01. The van der Waals surface area contributed by atoms with Crippen molar-refractivity contribution in [2.45, 2.75) is 20.3 Å². The van der Waals surface area contributed by atoms with Crippen LogP contribution in [0.1, 0.15) is 20.3 Å². The summed E-state index contributed by atoms with van der Waals surface area (Å²) in [7, 11) is 0. The fourth-order valence-electron chi connectivity index (χ4n) is 0.375. The summed E-state index contributed by atoms with van der Waals surface area (Å²) < 4.78 is 4.97. The van der Waals surface area contributed by atoms with Crippen molar-refractivity contribution in [1.29, 1.82) is 0 Å². The highest BCUT2D eigenvalue weighted by Gasteiger charge is 1.94. The second-order valence-electron chi connectivity index (χ2n) is 2.27. The van der Waals surface area contributed by atoms with Crippen molar-refractivity contribution in [3.05, 3.63) is 0 Å². The van der Waals surface area contributed by atoms with E-state index in [1.807, 2.05) is 0 Å². The van der Waals surface area contributed by atoms with Crippen LogP contribution in [0, 0.1) is 5.92 Å². The van der Waals surface area contributed by atoms with E-state index in [2.05, 4.69) is 26.1 Å². The quantitative estimate of drug-likeness (QED) is 0.471. The molecule has 54 valence electrons. The van der Waals surface area contributed by atoms with E-state index in [1.165, 1.54) is 0 Å². The third kappa shape index (κ3) is 8.18. The maximum atomic E-state index is 5.27. The molecular formula is C6H11ClOS. The molecule has 0 aliphatic rings. The molecule has 0 spiro atoms. The second-order valence-corrected chi connectivity index (χ2v) is 3.21. The Morgan fingerprint density at radius 3 is 2.56 bits per heavy atom.